The molecule has 0 aliphatic rings. The molecule has 0 aliphatic carbocycles. The van der Waals surface area contributed by atoms with Crippen molar-refractivity contribution in [2.45, 2.75) is 33.6 Å². The molecule has 0 atom stereocenters. The van der Waals surface area contributed by atoms with Crippen LogP contribution >= 0.6 is 22.7 Å². The Balaban J connectivity index is 2.05. The summed E-state index contributed by atoms with van der Waals surface area (Å²) in [5, 5.41) is 5.54. The number of amides is 1. The van der Waals surface area contributed by atoms with E-state index in [4.69, 9.17) is 0 Å². The minimum absolute atomic E-state index is 0.0442. The fraction of sp³-hybridized carbons (Fsp3) is 0.429. The molecule has 2 aromatic heterocycles. The van der Waals surface area contributed by atoms with Gasteiger partial charge in [0.25, 0.3) is 5.91 Å². The number of anilines is 1. The predicted octanol–water partition coefficient (Wildman–Crippen LogP) is 4.22. The van der Waals surface area contributed by atoms with Crippen LogP contribution in [0.5, 0.6) is 0 Å². The van der Waals surface area contributed by atoms with Crippen molar-refractivity contribution < 1.29 is 4.79 Å². The lowest BCUT2D eigenvalue weighted by Crippen LogP contribution is -2.11. The van der Waals surface area contributed by atoms with Crippen molar-refractivity contribution in [3.8, 4) is 0 Å². The topological polar surface area (TPSA) is 42.0 Å². The number of carbonyl (C=O) groups is 1. The molecule has 1 N–H and O–H groups in total. The van der Waals surface area contributed by atoms with E-state index in [0.29, 0.717) is 11.0 Å². The molecule has 0 saturated heterocycles. The highest BCUT2D eigenvalue weighted by Gasteiger charge is 2.14. The van der Waals surface area contributed by atoms with E-state index in [1.165, 1.54) is 16.2 Å². The quantitative estimate of drug-likeness (QED) is 0.897. The predicted molar refractivity (Wildman–Crippen MR) is 82.3 cm³/mol. The number of thiophene rings is 1. The van der Waals surface area contributed by atoms with Gasteiger partial charge in [-0.15, -0.1) is 22.7 Å². The molecular weight excluding hydrogens is 276 g/mol. The Morgan fingerprint density at radius 1 is 1.47 bits per heavy atom. The number of nitrogens with zero attached hydrogens (tertiary/aromatic N) is 1. The minimum atomic E-state index is -0.0442. The first kappa shape index (κ1) is 14.2. The van der Waals surface area contributed by atoms with E-state index in [1.807, 2.05) is 17.6 Å². The summed E-state index contributed by atoms with van der Waals surface area (Å²) in [5.74, 6) is 0.560. The van der Waals surface area contributed by atoms with Crippen molar-refractivity contribution >= 4 is 33.7 Å². The van der Waals surface area contributed by atoms with E-state index in [-0.39, 0.29) is 5.91 Å². The number of aromatic nitrogens is 1. The Hall–Kier alpha value is -1.20. The Labute approximate surface area is 121 Å². The van der Waals surface area contributed by atoms with Crippen molar-refractivity contribution in [3.63, 3.8) is 0 Å². The van der Waals surface area contributed by atoms with Crippen LogP contribution < -0.4 is 5.32 Å². The summed E-state index contributed by atoms with van der Waals surface area (Å²) in [4.78, 5) is 18.4. The Morgan fingerprint density at radius 3 is 2.95 bits per heavy atom. The van der Waals surface area contributed by atoms with Gasteiger partial charge in [-0.1, -0.05) is 20.8 Å². The van der Waals surface area contributed by atoms with Crippen LogP contribution in [0.25, 0.3) is 0 Å². The lowest BCUT2D eigenvalue weighted by Gasteiger charge is -2.01. The van der Waals surface area contributed by atoms with Crippen molar-refractivity contribution in [1.82, 2.24) is 4.98 Å². The van der Waals surface area contributed by atoms with E-state index < -0.39 is 0 Å². The van der Waals surface area contributed by atoms with Crippen LogP contribution in [0.1, 0.15) is 40.9 Å². The summed E-state index contributed by atoms with van der Waals surface area (Å²) in [7, 11) is 0. The Kier molecular flexibility index (Phi) is 4.71. The maximum Gasteiger partial charge on any atom is 0.267 e. The Morgan fingerprint density at radius 2 is 2.26 bits per heavy atom. The molecule has 2 heterocycles. The van der Waals surface area contributed by atoms with Crippen molar-refractivity contribution in [2.24, 2.45) is 5.92 Å². The van der Waals surface area contributed by atoms with Crippen LogP contribution in [0.2, 0.25) is 0 Å². The summed E-state index contributed by atoms with van der Waals surface area (Å²) in [5.41, 5.74) is 1.10. The molecule has 1 amide bonds. The van der Waals surface area contributed by atoms with Gasteiger partial charge in [0.1, 0.15) is 0 Å². The number of hydrogen-bond donors (Lipinski definition) is 1. The lowest BCUT2D eigenvalue weighted by molar-refractivity contribution is 0.103. The molecule has 0 radical (unpaired) electrons. The van der Waals surface area contributed by atoms with Gasteiger partial charge in [0.2, 0.25) is 0 Å². The van der Waals surface area contributed by atoms with Crippen LogP contribution in [0.3, 0.4) is 0 Å². The van der Waals surface area contributed by atoms with Gasteiger partial charge >= 0.3 is 0 Å². The molecular formula is C14H18N2OS2. The molecule has 2 aromatic rings. The molecule has 0 aromatic carbocycles. The monoisotopic (exact) mass is 294 g/mol. The van der Waals surface area contributed by atoms with Crippen LogP contribution in [-0.2, 0) is 12.8 Å². The molecule has 0 saturated carbocycles. The average molecular weight is 294 g/mol. The summed E-state index contributed by atoms with van der Waals surface area (Å²) in [6, 6.07) is 2.01. The standard InChI is InChI=1S/C14H18N2OS2/c1-4-10-5-6-18-12(10)13(17)16-14-15-8-11(19-14)7-9(2)3/h5-6,8-9H,4,7H2,1-3H3,(H,15,16,17). The molecule has 0 fully saturated rings. The highest BCUT2D eigenvalue weighted by atomic mass is 32.1. The lowest BCUT2D eigenvalue weighted by atomic mass is 10.1. The molecule has 0 aliphatic heterocycles. The summed E-state index contributed by atoms with van der Waals surface area (Å²) in [6.07, 6.45) is 3.74. The van der Waals surface area contributed by atoms with Gasteiger partial charge in [-0.3, -0.25) is 10.1 Å². The van der Waals surface area contributed by atoms with E-state index in [9.17, 15) is 4.79 Å². The zero-order chi connectivity index (χ0) is 13.8. The number of nitrogens with one attached hydrogen (secondary N) is 1. The minimum Gasteiger partial charge on any atom is -0.297 e. The zero-order valence-electron chi connectivity index (χ0n) is 11.4. The van der Waals surface area contributed by atoms with E-state index >= 15 is 0 Å². The van der Waals surface area contributed by atoms with Gasteiger partial charge < -0.3 is 0 Å². The van der Waals surface area contributed by atoms with Crippen LogP contribution in [0.4, 0.5) is 5.13 Å². The van der Waals surface area contributed by atoms with Gasteiger partial charge in [0.05, 0.1) is 4.88 Å². The van der Waals surface area contributed by atoms with E-state index in [2.05, 4.69) is 31.1 Å². The smallest absolute Gasteiger partial charge is 0.267 e. The summed E-state index contributed by atoms with van der Waals surface area (Å²) < 4.78 is 0. The Bertz CT molecular complexity index is 557. The normalized spacial score (nSPS) is 10.9. The zero-order valence-corrected chi connectivity index (χ0v) is 13.0. The van der Waals surface area contributed by atoms with Crippen LogP contribution in [-0.4, -0.2) is 10.9 Å². The molecule has 0 bridgehead atoms. The molecule has 0 unspecified atom stereocenters. The average Bonchev–Trinajstić information content (AvgIpc) is 2.96. The maximum atomic E-state index is 12.2. The fourth-order valence-corrected chi connectivity index (χ4v) is 3.74. The van der Waals surface area contributed by atoms with Gasteiger partial charge in [-0.05, 0) is 35.8 Å². The summed E-state index contributed by atoms with van der Waals surface area (Å²) in [6.45, 7) is 6.41. The van der Waals surface area contributed by atoms with E-state index in [0.717, 1.165) is 23.3 Å². The third kappa shape index (κ3) is 3.64. The molecule has 19 heavy (non-hydrogen) atoms. The highest BCUT2D eigenvalue weighted by Crippen LogP contribution is 2.23. The van der Waals surface area contributed by atoms with Crippen LogP contribution in [0.15, 0.2) is 17.6 Å². The molecule has 5 heteroatoms. The van der Waals surface area contributed by atoms with Crippen molar-refractivity contribution in [2.75, 3.05) is 5.32 Å². The third-order valence-corrected chi connectivity index (χ3v) is 4.61. The SMILES string of the molecule is CCc1ccsc1C(=O)Nc1ncc(CC(C)C)s1. The van der Waals surface area contributed by atoms with Crippen LogP contribution in [0, 0.1) is 5.92 Å². The molecule has 2 rings (SSSR count). The van der Waals surface area contributed by atoms with E-state index in [1.54, 1.807) is 11.3 Å². The number of thiazole rings is 1. The molecule has 3 nitrogen and oxygen atoms in total. The van der Waals surface area contributed by atoms with Crippen molar-refractivity contribution in [3.05, 3.63) is 33.0 Å². The third-order valence-electron chi connectivity index (χ3n) is 2.72. The first-order chi connectivity index (χ1) is 9.10. The largest absolute Gasteiger partial charge is 0.297 e. The molecule has 0 spiro atoms. The first-order valence-corrected chi connectivity index (χ1v) is 8.12. The highest BCUT2D eigenvalue weighted by molar-refractivity contribution is 7.16. The second-order valence-electron chi connectivity index (χ2n) is 4.81. The van der Waals surface area contributed by atoms with Gasteiger partial charge in [0.15, 0.2) is 5.13 Å². The molecule has 102 valence electrons. The first-order valence-electron chi connectivity index (χ1n) is 6.42. The second kappa shape index (κ2) is 6.30. The summed E-state index contributed by atoms with van der Waals surface area (Å²) >= 11 is 3.05. The fourth-order valence-electron chi connectivity index (χ4n) is 1.83. The number of rotatable bonds is 5. The number of hydrogen-bond acceptors (Lipinski definition) is 4. The maximum absolute atomic E-state index is 12.2. The number of carbonyl (C=O) groups excluding carboxylic acids is 1. The van der Waals surface area contributed by atoms with Gasteiger partial charge in [0, 0.05) is 11.1 Å². The van der Waals surface area contributed by atoms with Gasteiger partial charge in [-0.2, -0.15) is 0 Å². The number of aryl methyl sites for hydroxylation is 1. The van der Waals surface area contributed by atoms with Crippen molar-refractivity contribution in [1.29, 1.82) is 0 Å². The van der Waals surface area contributed by atoms with Gasteiger partial charge in [-0.25, -0.2) is 4.98 Å². The second-order valence-corrected chi connectivity index (χ2v) is 6.84.